The average Bonchev–Trinajstić information content (AvgIpc) is 2.74. The Morgan fingerprint density at radius 1 is 1.55 bits per heavy atom. The van der Waals surface area contributed by atoms with Crippen LogP contribution in [0.2, 0.25) is 0 Å². The van der Waals surface area contributed by atoms with E-state index < -0.39 is 30.2 Å². The van der Waals surface area contributed by atoms with Crippen LogP contribution < -0.4 is 10.6 Å². The van der Waals surface area contributed by atoms with Crippen molar-refractivity contribution >= 4 is 5.82 Å². The SMILES string of the molecule is CO[C@@H]1[C@H](O)[C@@H](CO)O[C@H]1n1ccc(N(C)C)nc1=O. The zero-order valence-electron chi connectivity index (χ0n) is 11.6. The Kier molecular flexibility index (Phi) is 4.39. The molecule has 0 spiro atoms. The number of aliphatic hydroxyl groups excluding tert-OH is 2. The van der Waals surface area contributed by atoms with Crippen molar-refractivity contribution in [3.8, 4) is 0 Å². The Bertz CT molecular complexity index is 518. The fourth-order valence-electron chi connectivity index (χ4n) is 2.19. The second-order valence-corrected chi connectivity index (χ2v) is 4.81. The largest absolute Gasteiger partial charge is 0.394 e. The van der Waals surface area contributed by atoms with E-state index in [0.29, 0.717) is 5.82 Å². The van der Waals surface area contributed by atoms with Gasteiger partial charge in [0.05, 0.1) is 6.61 Å². The van der Waals surface area contributed by atoms with Gasteiger partial charge in [-0.25, -0.2) is 4.79 Å². The van der Waals surface area contributed by atoms with Gasteiger partial charge in [-0.1, -0.05) is 0 Å². The molecule has 0 aromatic carbocycles. The molecule has 0 bridgehead atoms. The first-order valence-electron chi connectivity index (χ1n) is 6.23. The first-order chi connectivity index (χ1) is 9.49. The number of methoxy groups -OCH3 is 1. The molecular weight excluding hydrogens is 266 g/mol. The monoisotopic (exact) mass is 285 g/mol. The summed E-state index contributed by atoms with van der Waals surface area (Å²) in [4.78, 5) is 17.7. The zero-order chi connectivity index (χ0) is 14.9. The highest BCUT2D eigenvalue weighted by Gasteiger charge is 2.45. The van der Waals surface area contributed by atoms with Crippen molar-refractivity contribution in [2.24, 2.45) is 0 Å². The van der Waals surface area contributed by atoms with Gasteiger partial charge in [-0.05, 0) is 6.07 Å². The number of aromatic nitrogens is 2. The first kappa shape index (κ1) is 14.9. The minimum Gasteiger partial charge on any atom is -0.394 e. The number of aliphatic hydroxyl groups is 2. The summed E-state index contributed by atoms with van der Waals surface area (Å²) in [6.07, 6.45) is -1.81. The van der Waals surface area contributed by atoms with Crippen LogP contribution in [-0.2, 0) is 9.47 Å². The summed E-state index contributed by atoms with van der Waals surface area (Å²) in [6, 6.07) is 1.66. The van der Waals surface area contributed by atoms with Crippen LogP contribution in [0, 0.1) is 0 Å². The molecule has 2 heterocycles. The molecule has 1 aromatic rings. The first-order valence-corrected chi connectivity index (χ1v) is 6.23. The number of anilines is 1. The molecule has 0 unspecified atom stereocenters. The molecule has 20 heavy (non-hydrogen) atoms. The predicted molar refractivity (Wildman–Crippen MR) is 70.6 cm³/mol. The number of hydrogen-bond acceptors (Lipinski definition) is 7. The molecule has 2 N–H and O–H groups in total. The Hall–Kier alpha value is -1.48. The third-order valence-corrected chi connectivity index (χ3v) is 3.31. The summed E-state index contributed by atoms with van der Waals surface area (Å²) in [5.74, 6) is 0.525. The highest BCUT2D eigenvalue weighted by Crippen LogP contribution is 2.30. The molecule has 1 aliphatic heterocycles. The summed E-state index contributed by atoms with van der Waals surface area (Å²) >= 11 is 0. The fourth-order valence-corrected chi connectivity index (χ4v) is 2.19. The van der Waals surface area contributed by atoms with Crippen LogP contribution >= 0.6 is 0 Å². The van der Waals surface area contributed by atoms with Crippen molar-refractivity contribution < 1.29 is 19.7 Å². The van der Waals surface area contributed by atoms with Crippen LogP contribution in [0.25, 0.3) is 0 Å². The molecule has 0 radical (unpaired) electrons. The second kappa shape index (κ2) is 5.88. The van der Waals surface area contributed by atoms with Gasteiger partial charge < -0.3 is 24.6 Å². The molecular formula is C12H19N3O5. The third kappa shape index (κ3) is 2.55. The number of ether oxygens (including phenoxy) is 2. The smallest absolute Gasteiger partial charge is 0.351 e. The molecule has 1 fully saturated rings. The van der Waals surface area contributed by atoms with E-state index in [4.69, 9.17) is 14.6 Å². The molecule has 2 rings (SSSR count). The lowest BCUT2D eigenvalue weighted by atomic mass is 10.1. The summed E-state index contributed by atoms with van der Waals surface area (Å²) in [5, 5.41) is 19.1. The lowest BCUT2D eigenvalue weighted by Gasteiger charge is -2.21. The molecule has 1 aromatic heterocycles. The molecule has 1 aliphatic rings. The van der Waals surface area contributed by atoms with E-state index in [-0.39, 0.29) is 6.61 Å². The van der Waals surface area contributed by atoms with Crippen LogP contribution in [0.3, 0.4) is 0 Å². The van der Waals surface area contributed by atoms with E-state index in [1.165, 1.54) is 17.9 Å². The lowest BCUT2D eigenvalue weighted by molar-refractivity contribution is -0.0624. The summed E-state index contributed by atoms with van der Waals surface area (Å²) in [7, 11) is 4.97. The third-order valence-electron chi connectivity index (χ3n) is 3.31. The predicted octanol–water partition coefficient (Wildman–Crippen LogP) is -1.43. The van der Waals surface area contributed by atoms with Crippen molar-refractivity contribution in [3.05, 3.63) is 22.7 Å². The Labute approximate surface area is 116 Å². The minimum atomic E-state index is -1.00. The van der Waals surface area contributed by atoms with Crippen LogP contribution in [-0.4, -0.2) is 65.9 Å². The molecule has 4 atom stereocenters. The van der Waals surface area contributed by atoms with Crippen LogP contribution in [0.1, 0.15) is 6.23 Å². The van der Waals surface area contributed by atoms with Gasteiger partial charge in [0.25, 0.3) is 0 Å². The zero-order valence-corrected chi connectivity index (χ0v) is 11.6. The van der Waals surface area contributed by atoms with E-state index in [9.17, 15) is 9.90 Å². The highest BCUT2D eigenvalue weighted by atomic mass is 16.6. The molecule has 0 saturated carbocycles. The van der Waals surface area contributed by atoms with E-state index in [1.54, 1.807) is 25.1 Å². The van der Waals surface area contributed by atoms with Crippen molar-refractivity contribution in [3.63, 3.8) is 0 Å². The lowest BCUT2D eigenvalue weighted by Crippen LogP contribution is -2.37. The molecule has 112 valence electrons. The van der Waals surface area contributed by atoms with Gasteiger partial charge in [-0.2, -0.15) is 4.98 Å². The van der Waals surface area contributed by atoms with Crippen LogP contribution in [0.15, 0.2) is 17.1 Å². The Morgan fingerprint density at radius 3 is 2.75 bits per heavy atom. The summed E-state index contributed by atoms with van der Waals surface area (Å²) in [6.45, 7) is -0.352. The van der Waals surface area contributed by atoms with E-state index in [0.717, 1.165) is 0 Å². The van der Waals surface area contributed by atoms with Crippen LogP contribution in [0.5, 0.6) is 0 Å². The van der Waals surface area contributed by atoms with Crippen molar-refractivity contribution in [1.29, 1.82) is 0 Å². The quantitative estimate of drug-likeness (QED) is 0.700. The van der Waals surface area contributed by atoms with Crippen molar-refractivity contribution in [2.45, 2.75) is 24.5 Å². The van der Waals surface area contributed by atoms with Gasteiger partial charge in [0.2, 0.25) is 0 Å². The van der Waals surface area contributed by atoms with Crippen LogP contribution in [0.4, 0.5) is 5.82 Å². The van der Waals surface area contributed by atoms with Gasteiger partial charge in [0.15, 0.2) is 6.23 Å². The number of nitrogens with zero attached hydrogens (tertiary/aromatic N) is 3. The summed E-state index contributed by atoms with van der Waals surface area (Å²) in [5.41, 5.74) is -0.506. The van der Waals surface area contributed by atoms with Gasteiger partial charge >= 0.3 is 5.69 Å². The standard InChI is InChI=1S/C12H19N3O5/c1-14(2)8-4-5-15(12(18)13-8)11-10(19-3)9(17)7(6-16)20-11/h4-5,7,9-11,16-17H,6H2,1-3H3/t7-,9-,10-,11-/m1/s1. The average molecular weight is 285 g/mol. The molecule has 8 heteroatoms. The number of hydrogen-bond donors (Lipinski definition) is 2. The summed E-state index contributed by atoms with van der Waals surface area (Å²) < 4.78 is 11.9. The number of rotatable bonds is 4. The second-order valence-electron chi connectivity index (χ2n) is 4.81. The van der Waals surface area contributed by atoms with E-state index in [1.807, 2.05) is 0 Å². The van der Waals surface area contributed by atoms with E-state index >= 15 is 0 Å². The molecule has 0 aliphatic carbocycles. The van der Waals surface area contributed by atoms with Crippen molar-refractivity contribution in [2.75, 3.05) is 32.7 Å². The molecule has 1 saturated heterocycles. The van der Waals surface area contributed by atoms with Gasteiger partial charge in [0, 0.05) is 27.4 Å². The van der Waals surface area contributed by atoms with Gasteiger partial charge in [-0.3, -0.25) is 4.57 Å². The maximum Gasteiger partial charge on any atom is 0.351 e. The van der Waals surface area contributed by atoms with E-state index in [2.05, 4.69) is 4.98 Å². The minimum absolute atomic E-state index is 0.352. The van der Waals surface area contributed by atoms with Gasteiger partial charge in [0.1, 0.15) is 24.1 Å². The fraction of sp³-hybridized carbons (Fsp3) is 0.667. The van der Waals surface area contributed by atoms with Crippen molar-refractivity contribution in [1.82, 2.24) is 9.55 Å². The molecule has 0 amide bonds. The molecule has 8 nitrogen and oxygen atoms in total. The Balaban J connectivity index is 2.33. The van der Waals surface area contributed by atoms with Gasteiger partial charge in [-0.15, -0.1) is 0 Å². The highest BCUT2D eigenvalue weighted by molar-refractivity contribution is 5.33. The maximum atomic E-state index is 12.0. The normalized spacial score (nSPS) is 29.6. The topological polar surface area (TPSA) is 97.1 Å². The maximum absolute atomic E-state index is 12.0. The Morgan fingerprint density at radius 2 is 2.25 bits per heavy atom.